The lowest BCUT2D eigenvalue weighted by atomic mass is 9.82. The summed E-state index contributed by atoms with van der Waals surface area (Å²) >= 11 is 0. The lowest BCUT2D eigenvalue weighted by Gasteiger charge is -2.23. The minimum atomic E-state index is 0.585. The summed E-state index contributed by atoms with van der Waals surface area (Å²) < 4.78 is 0. The second kappa shape index (κ2) is 5.18. The Morgan fingerprint density at radius 1 is 1.47 bits per heavy atom. The van der Waals surface area contributed by atoms with E-state index in [-0.39, 0.29) is 0 Å². The van der Waals surface area contributed by atoms with E-state index in [0.717, 1.165) is 5.92 Å². The van der Waals surface area contributed by atoms with E-state index in [9.17, 15) is 0 Å². The summed E-state index contributed by atoms with van der Waals surface area (Å²) in [7, 11) is 0. The summed E-state index contributed by atoms with van der Waals surface area (Å²) in [5.74, 6) is 4.47. The van der Waals surface area contributed by atoms with E-state index in [1.807, 2.05) is 0 Å². The molecule has 1 heterocycles. The fourth-order valence-electron chi connectivity index (χ4n) is 2.57. The Kier molecular flexibility index (Phi) is 3.63. The zero-order chi connectivity index (χ0) is 10.5. The molecule has 0 aromatic carbocycles. The predicted molar refractivity (Wildman–Crippen MR) is 63.6 cm³/mol. The summed E-state index contributed by atoms with van der Waals surface area (Å²) in [6.45, 7) is 2.31. The number of hydrazone groups is 1. The van der Waals surface area contributed by atoms with Crippen LogP contribution < -0.4 is 5.43 Å². The van der Waals surface area contributed by atoms with Crippen LogP contribution >= 0.6 is 0 Å². The molecule has 2 atom stereocenters. The van der Waals surface area contributed by atoms with Gasteiger partial charge >= 0.3 is 0 Å². The molecule has 0 aromatic heterocycles. The van der Waals surface area contributed by atoms with Crippen molar-refractivity contribution in [2.24, 2.45) is 16.9 Å². The molecule has 1 aliphatic heterocycles. The average molecular weight is 204 g/mol. The smallest absolute Gasteiger partial charge is 0.0205 e. The van der Waals surface area contributed by atoms with Gasteiger partial charge in [-0.1, -0.05) is 26.2 Å². The highest BCUT2D eigenvalue weighted by molar-refractivity contribution is 5.53. The first-order chi connectivity index (χ1) is 7.40. The van der Waals surface area contributed by atoms with E-state index < -0.39 is 0 Å². The summed E-state index contributed by atoms with van der Waals surface area (Å²) in [4.78, 5) is 0. The minimum absolute atomic E-state index is 0.585. The second-order valence-electron chi connectivity index (χ2n) is 4.61. The minimum Gasteiger partial charge on any atom is -0.278 e. The van der Waals surface area contributed by atoms with E-state index in [1.54, 1.807) is 0 Å². The van der Waals surface area contributed by atoms with Crippen molar-refractivity contribution in [3.63, 3.8) is 0 Å². The molecule has 0 saturated heterocycles. The first-order valence-corrected chi connectivity index (χ1v) is 6.13. The molecule has 0 radical (unpaired) electrons. The van der Waals surface area contributed by atoms with Crippen molar-refractivity contribution in [1.29, 1.82) is 0 Å². The lowest BCUT2D eigenvalue weighted by Crippen LogP contribution is -2.11. The molecule has 1 fully saturated rings. The highest BCUT2D eigenvalue weighted by atomic mass is 15.3. The van der Waals surface area contributed by atoms with E-state index in [1.165, 1.54) is 44.1 Å². The van der Waals surface area contributed by atoms with Crippen molar-refractivity contribution in [2.45, 2.75) is 45.4 Å². The molecule has 2 nitrogen and oxygen atoms in total. The van der Waals surface area contributed by atoms with Gasteiger partial charge < -0.3 is 0 Å². The Labute approximate surface area is 92.1 Å². The summed E-state index contributed by atoms with van der Waals surface area (Å²) in [6, 6.07) is 0. The predicted octanol–water partition coefficient (Wildman–Crippen LogP) is 3.22. The molecular weight excluding hydrogens is 184 g/mol. The lowest BCUT2D eigenvalue weighted by molar-refractivity contribution is 0.380. The van der Waals surface area contributed by atoms with Crippen LogP contribution in [0.1, 0.15) is 45.4 Å². The standard InChI is InChI=1S/C13H20N2/c1-2-11-4-3-5-12-8-9-14-15-10-13(12)7-6-11/h8,10-12,15H,2-7H2,1H3. The van der Waals surface area contributed by atoms with Crippen molar-refractivity contribution in [3.8, 4) is 0 Å². The molecule has 82 valence electrons. The van der Waals surface area contributed by atoms with Crippen molar-refractivity contribution >= 4 is 5.87 Å². The van der Waals surface area contributed by atoms with Crippen LogP contribution in [0.3, 0.4) is 0 Å². The maximum Gasteiger partial charge on any atom is 0.0205 e. The zero-order valence-electron chi connectivity index (χ0n) is 9.50. The molecule has 0 aromatic rings. The van der Waals surface area contributed by atoms with Crippen LogP contribution in [0.25, 0.3) is 0 Å². The van der Waals surface area contributed by atoms with Crippen molar-refractivity contribution in [2.75, 3.05) is 0 Å². The molecule has 2 rings (SSSR count). The van der Waals surface area contributed by atoms with Crippen LogP contribution in [-0.2, 0) is 0 Å². The van der Waals surface area contributed by atoms with Crippen LogP contribution in [0.15, 0.2) is 23.0 Å². The van der Waals surface area contributed by atoms with Gasteiger partial charge in [0, 0.05) is 18.0 Å². The number of allylic oxidation sites excluding steroid dienone is 2. The van der Waals surface area contributed by atoms with Crippen LogP contribution in [0, 0.1) is 11.8 Å². The highest BCUT2D eigenvalue weighted by Gasteiger charge is 2.18. The third-order valence-corrected chi connectivity index (χ3v) is 3.68. The van der Waals surface area contributed by atoms with Crippen LogP contribution in [0.4, 0.5) is 0 Å². The number of nitrogens with zero attached hydrogens (tertiary/aromatic N) is 1. The molecule has 1 aliphatic carbocycles. The van der Waals surface area contributed by atoms with Gasteiger partial charge in [-0.2, -0.15) is 0 Å². The first-order valence-electron chi connectivity index (χ1n) is 6.13. The van der Waals surface area contributed by atoms with Gasteiger partial charge in [0.25, 0.3) is 0 Å². The van der Waals surface area contributed by atoms with Gasteiger partial charge in [0.1, 0.15) is 0 Å². The van der Waals surface area contributed by atoms with Crippen LogP contribution in [0.5, 0.6) is 0 Å². The van der Waals surface area contributed by atoms with Gasteiger partial charge in [-0.05, 0) is 36.8 Å². The van der Waals surface area contributed by atoms with Gasteiger partial charge in [0.15, 0.2) is 0 Å². The average Bonchev–Trinajstić information content (AvgIpc) is 2.44. The third-order valence-electron chi connectivity index (χ3n) is 3.68. The molecular formula is C13H20N2. The topological polar surface area (TPSA) is 24.4 Å². The fraction of sp³-hybridized carbons (Fsp3) is 0.692. The maximum absolute atomic E-state index is 3.96. The fourth-order valence-corrected chi connectivity index (χ4v) is 2.57. The summed E-state index contributed by atoms with van der Waals surface area (Å²) in [6.07, 6.45) is 12.1. The molecule has 0 spiro atoms. The second-order valence-corrected chi connectivity index (χ2v) is 4.61. The third kappa shape index (κ3) is 2.73. The van der Waals surface area contributed by atoms with Crippen LogP contribution in [-0.4, -0.2) is 5.87 Å². The van der Waals surface area contributed by atoms with Gasteiger partial charge in [0.2, 0.25) is 0 Å². The highest BCUT2D eigenvalue weighted by Crippen LogP contribution is 2.31. The van der Waals surface area contributed by atoms with E-state index in [0.29, 0.717) is 5.92 Å². The number of hydrogen-bond donors (Lipinski definition) is 1. The molecule has 0 amide bonds. The SMILES string of the molecule is CCC1CCCC2C=C=NNC=C2CC1. The molecule has 15 heavy (non-hydrogen) atoms. The molecule has 0 bridgehead atoms. The molecule has 1 saturated carbocycles. The summed E-state index contributed by atoms with van der Waals surface area (Å²) in [5, 5.41) is 3.96. The van der Waals surface area contributed by atoms with Gasteiger partial charge in [-0.15, -0.1) is 5.10 Å². The first kappa shape index (κ1) is 10.5. The summed E-state index contributed by atoms with van der Waals surface area (Å²) in [5.41, 5.74) is 4.46. The Hall–Kier alpha value is -1.01. The molecule has 2 unspecified atom stereocenters. The molecule has 2 heteroatoms. The van der Waals surface area contributed by atoms with Crippen molar-refractivity contribution in [1.82, 2.24) is 5.43 Å². The molecule has 2 aliphatic rings. The Morgan fingerprint density at radius 2 is 2.40 bits per heavy atom. The number of nitrogens with one attached hydrogen (secondary N) is 1. The Balaban J connectivity index is 2.05. The number of hydrogen-bond acceptors (Lipinski definition) is 2. The van der Waals surface area contributed by atoms with E-state index >= 15 is 0 Å². The molecule has 1 N–H and O–H groups in total. The maximum atomic E-state index is 3.96. The van der Waals surface area contributed by atoms with Crippen LogP contribution in [0.2, 0.25) is 0 Å². The van der Waals surface area contributed by atoms with E-state index in [2.05, 4.69) is 35.6 Å². The zero-order valence-corrected chi connectivity index (χ0v) is 9.50. The van der Waals surface area contributed by atoms with Crippen molar-refractivity contribution in [3.05, 3.63) is 17.8 Å². The number of fused-ring (bicyclic) bond motifs is 1. The van der Waals surface area contributed by atoms with Gasteiger partial charge in [-0.3, -0.25) is 5.43 Å². The normalized spacial score (nSPS) is 30.6. The number of rotatable bonds is 1. The largest absolute Gasteiger partial charge is 0.278 e. The Bertz CT molecular complexity index is 298. The monoisotopic (exact) mass is 204 g/mol. The van der Waals surface area contributed by atoms with Gasteiger partial charge in [0.05, 0.1) is 0 Å². The van der Waals surface area contributed by atoms with E-state index in [4.69, 9.17) is 0 Å². The Morgan fingerprint density at radius 3 is 3.27 bits per heavy atom. The van der Waals surface area contributed by atoms with Gasteiger partial charge in [-0.25, -0.2) is 0 Å². The van der Waals surface area contributed by atoms with Crippen molar-refractivity contribution < 1.29 is 0 Å². The quantitative estimate of drug-likeness (QED) is 0.696.